The number of carbonyl (C=O) groups excluding carboxylic acids is 1. The van der Waals surface area contributed by atoms with Crippen molar-refractivity contribution in [2.45, 2.75) is 25.3 Å². The van der Waals surface area contributed by atoms with Crippen LogP contribution in [0.5, 0.6) is 0 Å². The summed E-state index contributed by atoms with van der Waals surface area (Å²) < 4.78 is 0. The first-order valence-electron chi connectivity index (χ1n) is 8.89. The zero-order chi connectivity index (χ0) is 17.6. The molecule has 2 unspecified atom stereocenters. The number of amidine groups is 1. The van der Waals surface area contributed by atoms with Crippen molar-refractivity contribution in [1.82, 2.24) is 16.0 Å². The van der Waals surface area contributed by atoms with Crippen molar-refractivity contribution in [3.05, 3.63) is 58.9 Å². The Labute approximate surface area is 149 Å². The van der Waals surface area contributed by atoms with E-state index in [-0.39, 0.29) is 12.0 Å². The van der Waals surface area contributed by atoms with Crippen LogP contribution in [-0.2, 0) is 4.79 Å². The van der Waals surface area contributed by atoms with Crippen LogP contribution in [0, 0.1) is 11.3 Å². The molecule has 3 aliphatic rings. The van der Waals surface area contributed by atoms with Crippen LogP contribution in [-0.4, -0.2) is 38.3 Å². The van der Waals surface area contributed by atoms with Crippen LogP contribution in [0.1, 0.15) is 19.3 Å². The minimum absolute atomic E-state index is 0.0190. The molecule has 0 spiro atoms. The van der Waals surface area contributed by atoms with Gasteiger partial charge in [-0.25, -0.2) is 0 Å². The molecule has 2 atom stereocenters. The molecule has 0 amide bonds. The number of rotatable bonds is 5. The van der Waals surface area contributed by atoms with Gasteiger partial charge >= 0.3 is 0 Å². The van der Waals surface area contributed by atoms with Crippen molar-refractivity contribution in [2.24, 2.45) is 5.92 Å². The molecule has 0 saturated carbocycles. The molecule has 3 rings (SSSR count). The maximum Gasteiger partial charge on any atom is 0.127 e. The molecule has 2 aliphatic carbocycles. The number of carbonyl (C=O) groups is 1. The lowest BCUT2D eigenvalue weighted by Gasteiger charge is -2.25. The van der Waals surface area contributed by atoms with E-state index in [1.807, 2.05) is 19.2 Å². The molecular formula is C20H26N4O. The van der Waals surface area contributed by atoms with Crippen molar-refractivity contribution in [2.75, 3.05) is 20.1 Å². The van der Waals surface area contributed by atoms with E-state index in [0.29, 0.717) is 5.84 Å². The summed E-state index contributed by atoms with van der Waals surface area (Å²) in [5, 5.41) is 18.3. The number of nitrogens with one attached hydrogen (secondary N) is 4. The van der Waals surface area contributed by atoms with E-state index in [9.17, 15) is 4.79 Å². The summed E-state index contributed by atoms with van der Waals surface area (Å²) in [6.07, 6.45) is 16.1. The van der Waals surface area contributed by atoms with Crippen LogP contribution in [0.15, 0.2) is 58.9 Å². The SMILES string of the molecule is CNC1=C(C(=N)NC2C=CC(C3=CCC(C=O)C=C3)=CC2)CNCC1. The van der Waals surface area contributed by atoms with Crippen LogP contribution < -0.4 is 16.0 Å². The van der Waals surface area contributed by atoms with Crippen molar-refractivity contribution < 1.29 is 4.79 Å². The van der Waals surface area contributed by atoms with Crippen LogP contribution in [0.25, 0.3) is 0 Å². The Morgan fingerprint density at radius 1 is 1.24 bits per heavy atom. The van der Waals surface area contributed by atoms with Crippen LogP contribution in [0.3, 0.4) is 0 Å². The Morgan fingerprint density at radius 3 is 2.60 bits per heavy atom. The lowest BCUT2D eigenvalue weighted by molar-refractivity contribution is -0.109. The van der Waals surface area contributed by atoms with E-state index in [1.54, 1.807) is 0 Å². The first-order valence-corrected chi connectivity index (χ1v) is 8.89. The predicted octanol–water partition coefficient (Wildman–Crippen LogP) is 1.98. The second kappa shape index (κ2) is 8.12. The second-order valence-electron chi connectivity index (χ2n) is 6.57. The molecule has 0 radical (unpaired) electrons. The van der Waals surface area contributed by atoms with Crippen LogP contribution in [0.2, 0.25) is 0 Å². The molecule has 5 nitrogen and oxygen atoms in total. The third-order valence-electron chi connectivity index (χ3n) is 4.89. The number of hydrogen-bond donors (Lipinski definition) is 4. The first kappa shape index (κ1) is 17.4. The first-order chi connectivity index (χ1) is 12.2. The predicted molar refractivity (Wildman–Crippen MR) is 101 cm³/mol. The van der Waals surface area contributed by atoms with Gasteiger partial charge in [-0.1, -0.05) is 36.5 Å². The van der Waals surface area contributed by atoms with Crippen molar-refractivity contribution in [3.63, 3.8) is 0 Å². The standard InChI is InChI=1S/C20H26N4O/c1-22-19-10-11-23-12-18(19)20(21)24-17-8-6-16(7-9-17)15-4-2-14(13-25)3-5-15/h2,4-8,13-14,17,22-23H,3,9-12H2,1H3,(H2,21,24). The molecule has 0 saturated heterocycles. The van der Waals surface area contributed by atoms with Gasteiger partial charge in [-0.2, -0.15) is 0 Å². The quantitative estimate of drug-likeness (QED) is 0.351. The molecule has 25 heavy (non-hydrogen) atoms. The third-order valence-corrected chi connectivity index (χ3v) is 4.89. The normalized spacial score (nSPS) is 26.0. The Bertz CT molecular complexity index is 696. The molecule has 0 fully saturated rings. The van der Waals surface area contributed by atoms with Gasteiger partial charge in [-0.15, -0.1) is 0 Å². The van der Waals surface area contributed by atoms with Gasteiger partial charge in [0.1, 0.15) is 12.1 Å². The Balaban J connectivity index is 1.59. The molecule has 4 N–H and O–H groups in total. The van der Waals surface area contributed by atoms with Gasteiger partial charge in [-0.05, 0) is 24.0 Å². The summed E-state index contributed by atoms with van der Waals surface area (Å²) in [5.74, 6) is 0.513. The number of aldehydes is 1. The summed E-state index contributed by atoms with van der Waals surface area (Å²) in [7, 11) is 1.92. The Morgan fingerprint density at radius 2 is 2.00 bits per heavy atom. The highest BCUT2D eigenvalue weighted by Crippen LogP contribution is 2.25. The highest BCUT2D eigenvalue weighted by Gasteiger charge is 2.19. The molecule has 0 aromatic heterocycles. The van der Waals surface area contributed by atoms with Crippen molar-refractivity contribution in [1.29, 1.82) is 5.41 Å². The summed E-state index contributed by atoms with van der Waals surface area (Å²) in [4.78, 5) is 10.8. The van der Waals surface area contributed by atoms with E-state index in [4.69, 9.17) is 5.41 Å². The highest BCUT2D eigenvalue weighted by molar-refractivity contribution is 5.97. The van der Waals surface area contributed by atoms with Gasteiger partial charge in [-0.3, -0.25) is 5.41 Å². The minimum Gasteiger partial charge on any atom is -0.391 e. The monoisotopic (exact) mass is 338 g/mol. The highest BCUT2D eigenvalue weighted by atomic mass is 16.1. The van der Waals surface area contributed by atoms with E-state index in [1.165, 1.54) is 11.1 Å². The average molecular weight is 338 g/mol. The summed E-state index contributed by atoms with van der Waals surface area (Å²) in [5.41, 5.74) is 4.54. The van der Waals surface area contributed by atoms with E-state index < -0.39 is 0 Å². The Hall–Kier alpha value is -2.40. The van der Waals surface area contributed by atoms with Gasteiger partial charge in [0.05, 0.1) is 0 Å². The maximum absolute atomic E-state index is 10.8. The molecular weight excluding hydrogens is 312 g/mol. The third kappa shape index (κ3) is 4.17. The summed E-state index contributed by atoms with van der Waals surface area (Å²) in [6.45, 7) is 1.69. The molecule has 5 heteroatoms. The molecule has 1 heterocycles. The molecule has 1 aliphatic heterocycles. The molecule has 132 valence electrons. The van der Waals surface area contributed by atoms with Gasteiger partial charge in [0, 0.05) is 49.8 Å². The molecule has 0 bridgehead atoms. The zero-order valence-corrected chi connectivity index (χ0v) is 14.6. The minimum atomic E-state index is 0.0190. The molecule has 0 aromatic rings. The fraction of sp³-hybridized carbons (Fsp3) is 0.400. The largest absolute Gasteiger partial charge is 0.391 e. The number of hydrogen-bond acceptors (Lipinski definition) is 4. The lowest BCUT2D eigenvalue weighted by Crippen LogP contribution is -2.40. The van der Waals surface area contributed by atoms with Gasteiger partial charge < -0.3 is 20.7 Å². The van der Waals surface area contributed by atoms with Gasteiger partial charge in [0.25, 0.3) is 0 Å². The number of allylic oxidation sites excluding steroid dienone is 6. The van der Waals surface area contributed by atoms with Gasteiger partial charge in [0.15, 0.2) is 0 Å². The van der Waals surface area contributed by atoms with Gasteiger partial charge in [0.2, 0.25) is 0 Å². The van der Waals surface area contributed by atoms with Crippen LogP contribution >= 0.6 is 0 Å². The fourth-order valence-corrected chi connectivity index (χ4v) is 3.37. The summed E-state index contributed by atoms with van der Waals surface area (Å²) >= 11 is 0. The van der Waals surface area contributed by atoms with Crippen LogP contribution in [0.4, 0.5) is 0 Å². The van der Waals surface area contributed by atoms with Crippen molar-refractivity contribution >= 4 is 12.1 Å². The second-order valence-corrected chi connectivity index (χ2v) is 6.57. The zero-order valence-electron chi connectivity index (χ0n) is 14.6. The van der Waals surface area contributed by atoms with Crippen molar-refractivity contribution in [3.8, 4) is 0 Å². The lowest BCUT2D eigenvalue weighted by atomic mass is 9.90. The smallest absolute Gasteiger partial charge is 0.127 e. The summed E-state index contributed by atoms with van der Waals surface area (Å²) in [6, 6.07) is 0.139. The Kier molecular flexibility index (Phi) is 5.66. The topological polar surface area (TPSA) is 77.0 Å². The fourth-order valence-electron chi connectivity index (χ4n) is 3.37. The van der Waals surface area contributed by atoms with E-state index >= 15 is 0 Å². The maximum atomic E-state index is 10.8. The van der Waals surface area contributed by atoms with E-state index in [0.717, 1.165) is 49.9 Å². The van der Waals surface area contributed by atoms with E-state index in [2.05, 4.69) is 40.3 Å². The molecule has 0 aromatic carbocycles. The average Bonchev–Trinajstić information content (AvgIpc) is 2.68.